The Morgan fingerprint density at radius 1 is 1.09 bits per heavy atom. The van der Waals surface area contributed by atoms with E-state index in [1.807, 2.05) is 12.1 Å². The van der Waals surface area contributed by atoms with E-state index in [1.165, 1.54) is 11.8 Å². The molecule has 0 fully saturated rings. The first-order chi connectivity index (χ1) is 16.3. The summed E-state index contributed by atoms with van der Waals surface area (Å²) in [5.41, 5.74) is 1.68. The molecule has 174 valence electrons. The van der Waals surface area contributed by atoms with Crippen LogP contribution in [0, 0.1) is 11.6 Å². The molecule has 1 aliphatic heterocycles. The lowest BCUT2D eigenvalue weighted by molar-refractivity contribution is -0.131. The minimum Gasteiger partial charge on any atom is -0.344 e. The van der Waals surface area contributed by atoms with Crippen LogP contribution in [-0.4, -0.2) is 28.7 Å². The number of carbonyl (C=O) groups is 3. The Hall–Kier alpha value is -4.14. The number of benzene rings is 2. The molecule has 4 rings (SSSR count). The summed E-state index contributed by atoms with van der Waals surface area (Å²) in [6, 6.07) is 13.4. The standard InChI is InChI=1S/C25H22F2N4O3/c1-15(29-22(32)12-16-10-18(26)13-19(27)11-16)24(33)30-23-20-7-3-2-6-17(20)14-31(25(23)34)21-8-4-5-9-28-21/h2-11,13,15,23H,12,14H2,1H3,(H,29,32)(H,30,33). The van der Waals surface area contributed by atoms with Gasteiger partial charge in [-0.15, -0.1) is 0 Å². The van der Waals surface area contributed by atoms with Gasteiger partial charge in [-0.2, -0.15) is 0 Å². The number of amides is 3. The molecule has 0 saturated carbocycles. The summed E-state index contributed by atoms with van der Waals surface area (Å²) in [6.07, 6.45) is 1.28. The smallest absolute Gasteiger partial charge is 0.255 e. The lowest BCUT2D eigenvalue weighted by Crippen LogP contribution is -2.51. The van der Waals surface area contributed by atoms with Crippen LogP contribution in [0.3, 0.4) is 0 Å². The third-order valence-corrected chi connectivity index (χ3v) is 5.48. The van der Waals surface area contributed by atoms with Gasteiger partial charge in [-0.3, -0.25) is 19.3 Å². The van der Waals surface area contributed by atoms with Crippen LogP contribution in [0.5, 0.6) is 0 Å². The van der Waals surface area contributed by atoms with Crippen LogP contribution in [0.4, 0.5) is 14.6 Å². The Morgan fingerprint density at radius 2 is 1.79 bits per heavy atom. The van der Waals surface area contributed by atoms with Crippen LogP contribution in [-0.2, 0) is 27.3 Å². The first kappa shape index (κ1) is 23.0. The molecule has 0 aliphatic carbocycles. The number of nitrogens with one attached hydrogen (secondary N) is 2. The van der Waals surface area contributed by atoms with Crippen molar-refractivity contribution in [1.82, 2.24) is 15.6 Å². The van der Waals surface area contributed by atoms with E-state index in [4.69, 9.17) is 0 Å². The van der Waals surface area contributed by atoms with Crippen molar-refractivity contribution in [2.75, 3.05) is 4.90 Å². The van der Waals surface area contributed by atoms with Crippen molar-refractivity contribution in [2.24, 2.45) is 0 Å². The second-order valence-electron chi connectivity index (χ2n) is 8.00. The van der Waals surface area contributed by atoms with Gasteiger partial charge in [0.25, 0.3) is 5.91 Å². The Balaban J connectivity index is 1.47. The molecule has 2 atom stereocenters. The topological polar surface area (TPSA) is 91.4 Å². The molecule has 2 heterocycles. The van der Waals surface area contributed by atoms with E-state index in [0.29, 0.717) is 24.0 Å². The van der Waals surface area contributed by atoms with Gasteiger partial charge in [0.15, 0.2) is 0 Å². The van der Waals surface area contributed by atoms with E-state index in [9.17, 15) is 23.2 Å². The maximum absolute atomic E-state index is 13.4. The molecular formula is C25H22F2N4O3. The molecule has 7 nitrogen and oxygen atoms in total. The quantitative estimate of drug-likeness (QED) is 0.587. The van der Waals surface area contributed by atoms with Crippen LogP contribution in [0.1, 0.15) is 29.7 Å². The molecule has 0 saturated heterocycles. The molecule has 3 amide bonds. The number of hydrogen-bond donors (Lipinski definition) is 2. The van der Waals surface area contributed by atoms with E-state index >= 15 is 0 Å². The summed E-state index contributed by atoms with van der Waals surface area (Å²) in [5.74, 6) is -2.63. The van der Waals surface area contributed by atoms with Gasteiger partial charge in [-0.1, -0.05) is 30.3 Å². The molecular weight excluding hydrogens is 442 g/mol. The van der Waals surface area contributed by atoms with Crippen molar-refractivity contribution in [3.8, 4) is 0 Å². The molecule has 2 aromatic carbocycles. The van der Waals surface area contributed by atoms with Crippen LogP contribution in [0.2, 0.25) is 0 Å². The predicted octanol–water partition coefficient (Wildman–Crippen LogP) is 2.81. The van der Waals surface area contributed by atoms with Gasteiger partial charge in [0.2, 0.25) is 11.8 Å². The fraction of sp³-hybridized carbons (Fsp3) is 0.200. The van der Waals surface area contributed by atoms with Crippen LogP contribution in [0.25, 0.3) is 0 Å². The molecule has 3 aromatic rings. The zero-order valence-corrected chi connectivity index (χ0v) is 18.3. The number of rotatable bonds is 6. The maximum Gasteiger partial charge on any atom is 0.255 e. The molecule has 0 radical (unpaired) electrons. The third kappa shape index (κ3) is 5.09. The Bertz CT molecular complexity index is 1220. The highest BCUT2D eigenvalue weighted by Crippen LogP contribution is 2.30. The fourth-order valence-electron chi connectivity index (χ4n) is 3.87. The third-order valence-electron chi connectivity index (χ3n) is 5.48. The lowest BCUT2D eigenvalue weighted by atomic mass is 9.94. The average Bonchev–Trinajstić information content (AvgIpc) is 2.80. The number of nitrogens with zero attached hydrogens (tertiary/aromatic N) is 2. The van der Waals surface area contributed by atoms with Gasteiger partial charge in [0, 0.05) is 12.3 Å². The zero-order chi connectivity index (χ0) is 24.2. The van der Waals surface area contributed by atoms with Gasteiger partial charge >= 0.3 is 0 Å². The largest absolute Gasteiger partial charge is 0.344 e. The maximum atomic E-state index is 13.4. The number of halogens is 2. The Labute approximate surface area is 194 Å². The van der Waals surface area contributed by atoms with Gasteiger partial charge in [0.05, 0.1) is 13.0 Å². The van der Waals surface area contributed by atoms with E-state index < -0.39 is 35.5 Å². The highest BCUT2D eigenvalue weighted by molar-refractivity contribution is 6.01. The first-order valence-electron chi connectivity index (χ1n) is 10.7. The van der Waals surface area contributed by atoms with Crippen molar-refractivity contribution in [1.29, 1.82) is 0 Å². The van der Waals surface area contributed by atoms with Crippen molar-refractivity contribution in [3.63, 3.8) is 0 Å². The number of fused-ring (bicyclic) bond motifs is 1. The highest BCUT2D eigenvalue weighted by Gasteiger charge is 2.36. The monoisotopic (exact) mass is 464 g/mol. The second-order valence-corrected chi connectivity index (χ2v) is 8.00. The summed E-state index contributed by atoms with van der Waals surface area (Å²) < 4.78 is 26.7. The number of pyridine rings is 1. The molecule has 1 aliphatic rings. The molecule has 0 spiro atoms. The summed E-state index contributed by atoms with van der Waals surface area (Å²) in [7, 11) is 0. The van der Waals surface area contributed by atoms with E-state index in [2.05, 4.69) is 15.6 Å². The molecule has 0 bridgehead atoms. The van der Waals surface area contributed by atoms with Crippen LogP contribution >= 0.6 is 0 Å². The predicted molar refractivity (Wildman–Crippen MR) is 120 cm³/mol. The van der Waals surface area contributed by atoms with Crippen LogP contribution in [0.15, 0.2) is 66.9 Å². The Kier molecular flexibility index (Phi) is 6.62. The highest BCUT2D eigenvalue weighted by atomic mass is 19.1. The van der Waals surface area contributed by atoms with Crippen molar-refractivity contribution < 1.29 is 23.2 Å². The minimum absolute atomic E-state index is 0.144. The zero-order valence-electron chi connectivity index (χ0n) is 18.3. The second kappa shape index (κ2) is 9.78. The van der Waals surface area contributed by atoms with E-state index in [0.717, 1.165) is 17.7 Å². The fourth-order valence-corrected chi connectivity index (χ4v) is 3.87. The summed E-state index contributed by atoms with van der Waals surface area (Å²) in [5, 5.41) is 5.22. The van der Waals surface area contributed by atoms with E-state index in [1.54, 1.807) is 36.5 Å². The number of anilines is 1. The van der Waals surface area contributed by atoms with Crippen molar-refractivity contribution in [3.05, 3.63) is 95.2 Å². The summed E-state index contributed by atoms with van der Waals surface area (Å²) in [4.78, 5) is 44.2. The van der Waals surface area contributed by atoms with Gasteiger partial charge in [-0.25, -0.2) is 13.8 Å². The molecule has 2 N–H and O–H groups in total. The number of carbonyl (C=O) groups excluding carboxylic acids is 3. The lowest BCUT2D eigenvalue weighted by Gasteiger charge is -2.34. The van der Waals surface area contributed by atoms with Crippen LogP contribution < -0.4 is 15.5 Å². The Morgan fingerprint density at radius 3 is 2.50 bits per heavy atom. The van der Waals surface area contributed by atoms with E-state index in [-0.39, 0.29) is 17.9 Å². The molecule has 1 aromatic heterocycles. The summed E-state index contributed by atoms with van der Waals surface area (Å²) >= 11 is 0. The number of aromatic nitrogens is 1. The average molecular weight is 464 g/mol. The number of hydrogen-bond acceptors (Lipinski definition) is 4. The molecule has 9 heteroatoms. The first-order valence-corrected chi connectivity index (χ1v) is 10.7. The van der Waals surface area contributed by atoms with Crippen molar-refractivity contribution >= 4 is 23.5 Å². The van der Waals surface area contributed by atoms with Crippen molar-refractivity contribution in [2.45, 2.75) is 32.0 Å². The minimum atomic E-state index is -0.990. The molecule has 34 heavy (non-hydrogen) atoms. The van der Waals surface area contributed by atoms with Gasteiger partial charge < -0.3 is 10.6 Å². The van der Waals surface area contributed by atoms with Gasteiger partial charge in [0.1, 0.15) is 29.5 Å². The SMILES string of the molecule is CC(NC(=O)Cc1cc(F)cc(F)c1)C(=O)NC1C(=O)N(c2ccccn2)Cc2ccccc21. The normalized spacial score (nSPS) is 15.9. The van der Waals surface area contributed by atoms with Gasteiger partial charge in [-0.05, 0) is 47.9 Å². The molecule has 2 unspecified atom stereocenters. The summed E-state index contributed by atoms with van der Waals surface area (Å²) in [6.45, 7) is 1.78.